The first-order chi connectivity index (χ1) is 12.5. The van der Waals surface area contributed by atoms with Crippen molar-refractivity contribution in [3.63, 3.8) is 0 Å². The fourth-order valence-corrected chi connectivity index (χ4v) is 4.79. The molecule has 1 saturated heterocycles. The van der Waals surface area contributed by atoms with E-state index < -0.39 is 0 Å². The Morgan fingerprint density at radius 1 is 1.19 bits per heavy atom. The number of nitrogens with zero attached hydrogens (tertiary/aromatic N) is 1. The zero-order chi connectivity index (χ0) is 18.7. The van der Waals surface area contributed by atoms with Crippen LogP contribution in [-0.4, -0.2) is 36.8 Å². The summed E-state index contributed by atoms with van der Waals surface area (Å²) in [5, 5.41) is -0.187. The predicted molar refractivity (Wildman–Crippen MR) is 106 cm³/mol. The Morgan fingerprint density at radius 2 is 1.92 bits per heavy atom. The van der Waals surface area contributed by atoms with Crippen molar-refractivity contribution in [1.82, 2.24) is 4.90 Å². The molecule has 1 aliphatic carbocycles. The third-order valence-corrected chi connectivity index (χ3v) is 6.16. The minimum atomic E-state index is -0.216. The molecule has 1 aromatic rings. The molecular weight excluding hydrogens is 418 g/mol. The minimum absolute atomic E-state index is 0.187. The van der Waals surface area contributed by atoms with E-state index >= 15 is 0 Å². The van der Waals surface area contributed by atoms with E-state index in [0.29, 0.717) is 34.4 Å². The Labute approximate surface area is 166 Å². The maximum atomic E-state index is 12.8. The van der Waals surface area contributed by atoms with Gasteiger partial charge in [0, 0.05) is 16.6 Å². The van der Waals surface area contributed by atoms with Gasteiger partial charge in [0.2, 0.25) is 0 Å². The van der Waals surface area contributed by atoms with E-state index in [9.17, 15) is 9.59 Å². The van der Waals surface area contributed by atoms with Gasteiger partial charge in [0.05, 0.1) is 19.1 Å². The summed E-state index contributed by atoms with van der Waals surface area (Å²) >= 11 is 4.43. The van der Waals surface area contributed by atoms with E-state index in [2.05, 4.69) is 15.9 Å². The van der Waals surface area contributed by atoms with E-state index in [4.69, 9.17) is 9.47 Å². The highest BCUT2D eigenvalue weighted by Crippen LogP contribution is 2.39. The lowest BCUT2D eigenvalue weighted by Gasteiger charge is -2.25. The summed E-state index contributed by atoms with van der Waals surface area (Å²) < 4.78 is 11.6. The number of ether oxygens (including phenoxy) is 2. The van der Waals surface area contributed by atoms with Crippen LogP contribution in [0.1, 0.15) is 37.7 Å². The lowest BCUT2D eigenvalue weighted by atomic mass is 9.89. The van der Waals surface area contributed by atoms with Crippen LogP contribution >= 0.6 is 27.7 Å². The first-order valence-electron chi connectivity index (χ1n) is 8.70. The molecule has 0 spiro atoms. The molecule has 0 unspecified atom stereocenters. The second kappa shape index (κ2) is 8.48. The van der Waals surface area contributed by atoms with Crippen LogP contribution in [0, 0.1) is 5.92 Å². The van der Waals surface area contributed by atoms with Crippen LogP contribution in [0.3, 0.4) is 0 Å². The van der Waals surface area contributed by atoms with Gasteiger partial charge in [-0.2, -0.15) is 0 Å². The zero-order valence-corrected chi connectivity index (χ0v) is 17.3. The van der Waals surface area contributed by atoms with E-state index in [-0.39, 0.29) is 11.1 Å². The summed E-state index contributed by atoms with van der Waals surface area (Å²) in [5.74, 6) is 1.31. The van der Waals surface area contributed by atoms with Crippen molar-refractivity contribution in [3.8, 4) is 11.5 Å². The molecule has 1 saturated carbocycles. The van der Waals surface area contributed by atoms with Crippen molar-refractivity contribution in [1.29, 1.82) is 0 Å². The normalized spacial score (nSPS) is 20.1. The molecule has 140 valence electrons. The van der Waals surface area contributed by atoms with Crippen LogP contribution in [0.2, 0.25) is 0 Å². The number of hydrogen-bond acceptors (Lipinski definition) is 5. The highest BCUT2D eigenvalue weighted by atomic mass is 79.9. The number of thioether (sulfide) groups is 1. The second-order valence-electron chi connectivity index (χ2n) is 6.53. The van der Waals surface area contributed by atoms with Gasteiger partial charge in [0.1, 0.15) is 0 Å². The van der Waals surface area contributed by atoms with Gasteiger partial charge < -0.3 is 9.47 Å². The van der Waals surface area contributed by atoms with Crippen LogP contribution in [-0.2, 0) is 4.79 Å². The first-order valence-corrected chi connectivity index (χ1v) is 10.3. The lowest BCUT2D eigenvalue weighted by Crippen LogP contribution is -2.34. The monoisotopic (exact) mass is 439 g/mol. The van der Waals surface area contributed by atoms with Gasteiger partial charge in [0.15, 0.2) is 11.5 Å². The van der Waals surface area contributed by atoms with Crippen LogP contribution in [0.5, 0.6) is 11.5 Å². The highest BCUT2D eigenvalue weighted by Gasteiger charge is 2.36. The Kier molecular flexibility index (Phi) is 6.29. The Hall–Kier alpha value is -1.47. The summed E-state index contributed by atoms with van der Waals surface area (Å²) in [6.45, 7) is 0.529. The number of amides is 2. The van der Waals surface area contributed by atoms with Crippen molar-refractivity contribution in [2.24, 2.45) is 5.92 Å². The maximum Gasteiger partial charge on any atom is 0.293 e. The summed E-state index contributed by atoms with van der Waals surface area (Å²) in [4.78, 5) is 26.9. The molecule has 0 atom stereocenters. The zero-order valence-electron chi connectivity index (χ0n) is 14.9. The number of carbonyl (C=O) groups excluding carboxylic acids is 2. The molecule has 26 heavy (non-hydrogen) atoms. The van der Waals surface area contributed by atoms with Gasteiger partial charge in [-0.1, -0.05) is 35.2 Å². The third-order valence-electron chi connectivity index (χ3n) is 4.80. The molecule has 0 aromatic heterocycles. The SMILES string of the molecule is COc1cc(Br)cc(/C=C2/SC(=O)N(CC3CCCCC3)C2=O)c1OC. The van der Waals surface area contributed by atoms with Gasteiger partial charge in [-0.3, -0.25) is 14.5 Å². The molecule has 0 bridgehead atoms. The standard InChI is InChI=1S/C19H22BrNO4S/c1-24-15-10-14(20)8-13(17(15)25-2)9-16-18(22)21(19(23)26-16)11-12-6-4-3-5-7-12/h8-10,12H,3-7,11H2,1-2H3/b16-9+. The van der Waals surface area contributed by atoms with Crippen molar-refractivity contribution < 1.29 is 19.1 Å². The number of imide groups is 1. The van der Waals surface area contributed by atoms with Crippen LogP contribution in [0.4, 0.5) is 4.79 Å². The second-order valence-corrected chi connectivity index (χ2v) is 8.44. The molecule has 1 heterocycles. The molecule has 1 aliphatic heterocycles. The molecule has 7 heteroatoms. The molecule has 2 aliphatic rings. The fraction of sp³-hybridized carbons (Fsp3) is 0.474. The largest absolute Gasteiger partial charge is 0.493 e. The quantitative estimate of drug-likeness (QED) is 0.598. The van der Waals surface area contributed by atoms with E-state index in [1.165, 1.54) is 24.2 Å². The number of carbonyl (C=O) groups is 2. The molecule has 2 fully saturated rings. The molecule has 3 rings (SSSR count). The molecule has 5 nitrogen and oxygen atoms in total. The summed E-state index contributed by atoms with van der Waals surface area (Å²) in [6, 6.07) is 3.64. The number of benzene rings is 1. The van der Waals surface area contributed by atoms with Gasteiger partial charge in [-0.15, -0.1) is 0 Å². The maximum absolute atomic E-state index is 12.8. The molecular formula is C19H22BrNO4S. The Morgan fingerprint density at radius 3 is 2.58 bits per heavy atom. The average Bonchev–Trinajstić information content (AvgIpc) is 2.89. The average molecular weight is 440 g/mol. The summed E-state index contributed by atoms with van der Waals surface area (Å²) in [6.07, 6.45) is 7.52. The minimum Gasteiger partial charge on any atom is -0.493 e. The van der Waals surface area contributed by atoms with Crippen molar-refractivity contribution >= 4 is 44.9 Å². The van der Waals surface area contributed by atoms with Crippen molar-refractivity contribution in [2.75, 3.05) is 20.8 Å². The third kappa shape index (κ3) is 4.09. The van der Waals surface area contributed by atoms with E-state index in [1.54, 1.807) is 26.4 Å². The van der Waals surface area contributed by atoms with E-state index in [1.807, 2.05) is 6.07 Å². The van der Waals surface area contributed by atoms with Crippen LogP contribution in [0.15, 0.2) is 21.5 Å². The summed E-state index contributed by atoms with van der Waals surface area (Å²) in [7, 11) is 3.12. The molecule has 1 aromatic carbocycles. The number of rotatable bonds is 5. The lowest BCUT2D eigenvalue weighted by molar-refractivity contribution is -0.123. The number of halogens is 1. The smallest absolute Gasteiger partial charge is 0.293 e. The summed E-state index contributed by atoms with van der Waals surface area (Å²) in [5.41, 5.74) is 0.696. The fourth-order valence-electron chi connectivity index (χ4n) is 3.49. The van der Waals surface area contributed by atoms with Crippen LogP contribution < -0.4 is 9.47 Å². The van der Waals surface area contributed by atoms with Crippen molar-refractivity contribution in [3.05, 3.63) is 27.1 Å². The van der Waals surface area contributed by atoms with Gasteiger partial charge in [0.25, 0.3) is 11.1 Å². The molecule has 0 N–H and O–H groups in total. The highest BCUT2D eigenvalue weighted by molar-refractivity contribution is 9.10. The molecule has 2 amide bonds. The topological polar surface area (TPSA) is 55.8 Å². The van der Waals surface area contributed by atoms with Crippen LogP contribution in [0.25, 0.3) is 6.08 Å². The first kappa shape index (κ1) is 19.3. The number of hydrogen-bond donors (Lipinski definition) is 0. The van der Waals surface area contributed by atoms with Crippen molar-refractivity contribution in [2.45, 2.75) is 32.1 Å². The van der Waals surface area contributed by atoms with Gasteiger partial charge in [-0.25, -0.2) is 0 Å². The number of methoxy groups -OCH3 is 2. The van der Waals surface area contributed by atoms with Gasteiger partial charge in [-0.05, 0) is 48.7 Å². The van der Waals surface area contributed by atoms with Gasteiger partial charge >= 0.3 is 0 Å². The van der Waals surface area contributed by atoms with E-state index in [0.717, 1.165) is 29.1 Å². The predicted octanol–water partition coefficient (Wildman–Crippen LogP) is 5.08. The molecule has 0 radical (unpaired) electrons. The Balaban J connectivity index is 1.85. The Bertz CT molecular complexity index is 743.